The van der Waals surface area contributed by atoms with Gasteiger partial charge in [0.15, 0.2) is 0 Å². The van der Waals surface area contributed by atoms with Crippen molar-refractivity contribution in [2.75, 3.05) is 0 Å². The number of rotatable bonds is 5. The summed E-state index contributed by atoms with van der Waals surface area (Å²) in [5, 5.41) is 0. The molecular formula is C7H19N3. The summed E-state index contributed by atoms with van der Waals surface area (Å²) in [5.41, 5.74) is 16.1. The average molecular weight is 145 g/mol. The van der Waals surface area contributed by atoms with Gasteiger partial charge in [0, 0.05) is 0 Å². The summed E-state index contributed by atoms with van der Waals surface area (Å²) in [6.45, 7) is 2.17. The molecule has 0 bridgehead atoms. The highest BCUT2D eigenvalue weighted by atomic mass is 15.1. The quantitative estimate of drug-likeness (QED) is 0.389. The minimum Gasteiger partial charge on any atom is -0.301 e. The van der Waals surface area contributed by atoms with Crippen LogP contribution in [0.3, 0.4) is 0 Å². The zero-order valence-electron chi connectivity index (χ0n) is 6.77. The van der Waals surface area contributed by atoms with Crippen LogP contribution >= 0.6 is 0 Å². The van der Waals surface area contributed by atoms with Crippen LogP contribution in [0.2, 0.25) is 0 Å². The molecule has 0 aromatic carbocycles. The maximum atomic E-state index is 5.37. The van der Waals surface area contributed by atoms with Gasteiger partial charge in [-0.2, -0.15) is 0 Å². The summed E-state index contributed by atoms with van der Waals surface area (Å²) >= 11 is 0. The van der Waals surface area contributed by atoms with Crippen LogP contribution in [0, 0.1) is 0 Å². The second kappa shape index (κ2) is 4.66. The van der Waals surface area contributed by atoms with E-state index < -0.39 is 5.79 Å². The molecule has 0 heterocycles. The summed E-state index contributed by atoms with van der Waals surface area (Å²) in [4.78, 5) is 0. The van der Waals surface area contributed by atoms with Gasteiger partial charge in [-0.05, 0) is 12.8 Å². The molecule has 62 valence electrons. The van der Waals surface area contributed by atoms with Gasteiger partial charge in [-0.1, -0.05) is 26.2 Å². The van der Waals surface area contributed by atoms with Gasteiger partial charge in [0.25, 0.3) is 0 Å². The van der Waals surface area contributed by atoms with Crippen molar-refractivity contribution in [3.63, 3.8) is 0 Å². The number of unbranched alkanes of at least 4 members (excludes halogenated alkanes) is 3. The fraction of sp³-hybridized carbons (Fsp3) is 1.00. The SMILES string of the molecule is CCCCCCC(N)(N)N. The lowest BCUT2D eigenvalue weighted by Crippen LogP contribution is -2.57. The molecule has 0 saturated carbocycles. The summed E-state index contributed by atoms with van der Waals surface area (Å²) in [5.74, 6) is -0.951. The largest absolute Gasteiger partial charge is 0.301 e. The van der Waals surface area contributed by atoms with E-state index >= 15 is 0 Å². The Morgan fingerprint density at radius 1 is 1.00 bits per heavy atom. The third-order valence-corrected chi connectivity index (χ3v) is 1.46. The summed E-state index contributed by atoms with van der Waals surface area (Å²) < 4.78 is 0. The van der Waals surface area contributed by atoms with Crippen molar-refractivity contribution >= 4 is 0 Å². The van der Waals surface area contributed by atoms with E-state index in [0.717, 1.165) is 6.42 Å². The predicted molar refractivity (Wildman–Crippen MR) is 44.1 cm³/mol. The normalized spacial score (nSPS) is 12.0. The molecule has 0 saturated heterocycles. The molecule has 0 aliphatic heterocycles. The molecule has 0 spiro atoms. The van der Waals surface area contributed by atoms with E-state index in [-0.39, 0.29) is 0 Å². The molecule has 3 nitrogen and oxygen atoms in total. The Labute approximate surface area is 62.9 Å². The lowest BCUT2D eigenvalue weighted by molar-refractivity contribution is 0.402. The van der Waals surface area contributed by atoms with E-state index in [1.54, 1.807) is 0 Å². The second-order valence-electron chi connectivity index (χ2n) is 2.92. The molecule has 0 aromatic heterocycles. The first-order valence-corrected chi connectivity index (χ1v) is 3.93. The maximum Gasteiger partial charge on any atom is 0.115 e. The van der Waals surface area contributed by atoms with Crippen molar-refractivity contribution in [3.8, 4) is 0 Å². The summed E-state index contributed by atoms with van der Waals surface area (Å²) in [6, 6.07) is 0. The zero-order valence-corrected chi connectivity index (χ0v) is 6.77. The Balaban J connectivity index is 3.04. The first-order valence-electron chi connectivity index (χ1n) is 3.93. The van der Waals surface area contributed by atoms with Crippen molar-refractivity contribution < 1.29 is 0 Å². The van der Waals surface area contributed by atoms with Gasteiger partial charge in [-0.25, -0.2) is 0 Å². The first kappa shape index (κ1) is 9.88. The average Bonchev–Trinajstić information content (AvgIpc) is 1.78. The fourth-order valence-electron chi connectivity index (χ4n) is 0.858. The first-order chi connectivity index (χ1) is 4.56. The van der Waals surface area contributed by atoms with Crippen LogP contribution in [-0.2, 0) is 0 Å². The lowest BCUT2D eigenvalue weighted by Gasteiger charge is -2.17. The van der Waals surface area contributed by atoms with Crippen LogP contribution in [0.1, 0.15) is 39.0 Å². The smallest absolute Gasteiger partial charge is 0.115 e. The standard InChI is InChI=1S/C7H19N3/c1-2-3-4-5-6-7(8,9)10/h2-6,8-10H2,1H3. The minimum absolute atomic E-state index is 0.715. The molecule has 0 fully saturated rings. The zero-order chi connectivity index (χ0) is 8.04. The fourth-order valence-corrected chi connectivity index (χ4v) is 0.858. The Bertz CT molecular complexity index is 75.4. The summed E-state index contributed by atoms with van der Waals surface area (Å²) in [6.07, 6.45) is 5.41. The summed E-state index contributed by atoms with van der Waals surface area (Å²) in [7, 11) is 0. The van der Waals surface area contributed by atoms with E-state index in [1.165, 1.54) is 19.3 Å². The van der Waals surface area contributed by atoms with E-state index in [2.05, 4.69) is 6.92 Å². The van der Waals surface area contributed by atoms with Crippen molar-refractivity contribution in [2.24, 2.45) is 17.2 Å². The third-order valence-electron chi connectivity index (χ3n) is 1.46. The molecule has 3 heteroatoms. The Hall–Kier alpha value is -0.120. The van der Waals surface area contributed by atoms with Crippen LogP contribution in [0.5, 0.6) is 0 Å². The lowest BCUT2D eigenvalue weighted by atomic mass is 10.1. The van der Waals surface area contributed by atoms with E-state index in [9.17, 15) is 0 Å². The minimum atomic E-state index is -0.951. The van der Waals surface area contributed by atoms with Gasteiger partial charge in [0.2, 0.25) is 0 Å². The van der Waals surface area contributed by atoms with Gasteiger partial charge in [0.1, 0.15) is 5.79 Å². The molecular weight excluding hydrogens is 126 g/mol. The molecule has 0 unspecified atom stereocenters. The van der Waals surface area contributed by atoms with Gasteiger partial charge in [-0.3, -0.25) is 0 Å². The van der Waals surface area contributed by atoms with Crippen molar-refractivity contribution in [2.45, 2.75) is 44.8 Å². The molecule has 0 aliphatic carbocycles. The van der Waals surface area contributed by atoms with E-state index in [1.807, 2.05) is 0 Å². The van der Waals surface area contributed by atoms with Crippen molar-refractivity contribution in [3.05, 3.63) is 0 Å². The van der Waals surface area contributed by atoms with Crippen LogP contribution < -0.4 is 17.2 Å². The molecule has 10 heavy (non-hydrogen) atoms. The number of hydrogen-bond donors (Lipinski definition) is 3. The van der Waals surface area contributed by atoms with Crippen molar-refractivity contribution in [1.82, 2.24) is 0 Å². The molecule has 6 N–H and O–H groups in total. The molecule has 0 aromatic rings. The van der Waals surface area contributed by atoms with Gasteiger partial charge >= 0.3 is 0 Å². The van der Waals surface area contributed by atoms with E-state index in [0.29, 0.717) is 6.42 Å². The molecule has 0 amide bonds. The maximum absolute atomic E-state index is 5.37. The van der Waals surface area contributed by atoms with Crippen LogP contribution in [-0.4, -0.2) is 5.79 Å². The third kappa shape index (κ3) is 7.88. The highest BCUT2D eigenvalue weighted by molar-refractivity contribution is 4.66. The Morgan fingerprint density at radius 3 is 2.00 bits per heavy atom. The Morgan fingerprint density at radius 2 is 1.60 bits per heavy atom. The van der Waals surface area contributed by atoms with Crippen LogP contribution in [0.4, 0.5) is 0 Å². The topological polar surface area (TPSA) is 78.1 Å². The van der Waals surface area contributed by atoms with Gasteiger partial charge < -0.3 is 17.2 Å². The second-order valence-corrected chi connectivity index (χ2v) is 2.92. The van der Waals surface area contributed by atoms with Gasteiger partial charge in [-0.15, -0.1) is 0 Å². The van der Waals surface area contributed by atoms with Gasteiger partial charge in [0.05, 0.1) is 0 Å². The number of hydrogen-bond acceptors (Lipinski definition) is 3. The van der Waals surface area contributed by atoms with Crippen LogP contribution in [0.15, 0.2) is 0 Å². The Kier molecular flexibility index (Phi) is 4.60. The van der Waals surface area contributed by atoms with E-state index in [4.69, 9.17) is 17.2 Å². The molecule has 0 rings (SSSR count). The molecule has 0 radical (unpaired) electrons. The monoisotopic (exact) mass is 145 g/mol. The number of nitrogens with two attached hydrogens (primary N) is 3. The molecule has 0 atom stereocenters. The predicted octanol–water partition coefficient (Wildman–Crippen LogP) is 0.487. The highest BCUT2D eigenvalue weighted by Gasteiger charge is 2.09. The molecule has 0 aliphatic rings. The van der Waals surface area contributed by atoms with Crippen LogP contribution in [0.25, 0.3) is 0 Å². The highest BCUT2D eigenvalue weighted by Crippen LogP contribution is 2.04. The van der Waals surface area contributed by atoms with Crippen molar-refractivity contribution in [1.29, 1.82) is 0 Å².